The third kappa shape index (κ3) is 1.34. The van der Waals surface area contributed by atoms with Crippen LogP contribution in [0.4, 0.5) is 17.6 Å². The van der Waals surface area contributed by atoms with Gasteiger partial charge in [0, 0.05) is 19.8 Å². The molecular weight excluding hydrogens is 162 g/mol. The molecule has 1 rings (SSSR count). The van der Waals surface area contributed by atoms with Crippen LogP contribution in [0.15, 0.2) is 0 Å². The number of alkyl halides is 4. The monoisotopic (exact) mass is 171 g/mol. The van der Waals surface area contributed by atoms with E-state index in [4.69, 9.17) is 5.73 Å². The van der Waals surface area contributed by atoms with Crippen LogP contribution >= 0.6 is 0 Å². The predicted octanol–water partition coefficient (Wildman–Crippen LogP) is 1.77. The lowest BCUT2D eigenvalue weighted by Gasteiger charge is -2.47. The molecule has 1 nitrogen and oxygen atoms in total. The van der Waals surface area contributed by atoms with Crippen molar-refractivity contribution in [1.29, 1.82) is 0 Å². The third-order valence-electron chi connectivity index (χ3n) is 2.02. The standard InChI is InChI=1S/C6H9F4N/c1-4(7,8)5(11)2-6(9,10)3-5/h2-3,11H2,1H3. The van der Waals surface area contributed by atoms with Gasteiger partial charge in [0.05, 0.1) is 5.54 Å². The Morgan fingerprint density at radius 3 is 1.73 bits per heavy atom. The maximum absolute atomic E-state index is 12.4. The van der Waals surface area contributed by atoms with E-state index < -0.39 is 30.2 Å². The first-order valence-corrected chi connectivity index (χ1v) is 3.21. The minimum absolute atomic E-state index is 0.572. The number of hydrogen-bond donors (Lipinski definition) is 1. The van der Waals surface area contributed by atoms with E-state index in [2.05, 4.69) is 0 Å². The van der Waals surface area contributed by atoms with E-state index in [1.165, 1.54) is 0 Å². The molecule has 0 bridgehead atoms. The van der Waals surface area contributed by atoms with E-state index in [1.807, 2.05) is 0 Å². The van der Waals surface area contributed by atoms with Gasteiger partial charge in [0.25, 0.3) is 11.8 Å². The molecule has 66 valence electrons. The maximum atomic E-state index is 12.4. The van der Waals surface area contributed by atoms with Gasteiger partial charge >= 0.3 is 0 Å². The summed E-state index contributed by atoms with van der Waals surface area (Å²) in [6.07, 6.45) is -1.83. The van der Waals surface area contributed by atoms with Gasteiger partial charge in [-0.1, -0.05) is 0 Å². The molecule has 0 aliphatic heterocycles. The van der Waals surface area contributed by atoms with Gasteiger partial charge < -0.3 is 5.73 Å². The minimum atomic E-state index is -3.21. The summed E-state index contributed by atoms with van der Waals surface area (Å²) in [6, 6.07) is 0. The van der Waals surface area contributed by atoms with Crippen LogP contribution < -0.4 is 5.73 Å². The molecule has 5 heteroatoms. The topological polar surface area (TPSA) is 26.0 Å². The number of halogens is 4. The Hall–Kier alpha value is -0.320. The molecule has 1 fully saturated rings. The molecule has 0 aromatic rings. The van der Waals surface area contributed by atoms with Crippen LogP contribution in [-0.2, 0) is 0 Å². The van der Waals surface area contributed by atoms with Gasteiger partial charge in [-0.25, -0.2) is 17.6 Å². The van der Waals surface area contributed by atoms with Gasteiger partial charge in [-0.2, -0.15) is 0 Å². The van der Waals surface area contributed by atoms with Crippen LogP contribution in [-0.4, -0.2) is 17.4 Å². The molecule has 0 amide bonds. The number of nitrogens with two attached hydrogens (primary N) is 1. The highest BCUT2D eigenvalue weighted by molar-refractivity contribution is 5.09. The summed E-state index contributed by atoms with van der Waals surface area (Å²) < 4.78 is 49.2. The number of rotatable bonds is 1. The van der Waals surface area contributed by atoms with Crippen molar-refractivity contribution in [3.05, 3.63) is 0 Å². The minimum Gasteiger partial charge on any atom is -0.320 e. The zero-order valence-electron chi connectivity index (χ0n) is 6.00. The van der Waals surface area contributed by atoms with Crippen molar-refractivity contribution in [2.45, 2.75) is 37.1 Å². The lowest BCUT2D eigenvalue weighted by atomic mass is 9.70. The van der Waals surface area contributed by atoms with Gasteiger partial charge in [-0.3, -0.25) is 0 Å². The van der Waals surface area contributed by atoms with Gasteiger partial charge in [0.15, 0.2) is 0 Å². The fourth-order valence-electron chi connectivity index (χ4n) is 1.18. The molecule has 11 heavy (non-hydrogen) atoms. The molecule has 0 saturated heterocycles. The molecule has 0 aromatic carbocycles. The molecular formula is C6H9F4N. The first kappa shape index (κ1) is 8.77. The Morgan fingerprint density at radius 1 is 1.27 bits per heavy atom. The lowest BCUT2D eigenvalue weighted by molar-refractivity contribution is -0.200. The molecule has 2 N–H and O–H groups in total. The summed E-state index contributed by atoms with van der Waals surface area (Å²) in [6.45, 7) is 0.572. The summed E-state index contributed by atoms with van der Waals surface area (Å²) in [5, 5.41) is 0. The van der Waals surface area contributed by atoms with Crippen LogP contribution in [0.5, 0.6) is 0 Å². The molecule has 0 heterocycles. The maximum Gasteiger partial charge on any atom is 0.263 e. The van der Waals surface area contributed by atoms with E-state index in [1.54, 1.807) is 0 Å². The molecule has 1 aliphatic carbocycles. The van der Waals surface area contributed by atoms with Gasteiger partial charge in [-0.05, 0) is 0 Å². The van der Waals surface area contributed by atoms with Crippen molar-refractivity contribution in [3.63, 3.8) is 0 Å². The first-order valence-electron chi connectivity index (χ1n) is 3.21. The van der Waals surface area contributed by atoms with Crippen LogP contribution in [0.3, 0.4) is 0 Å². The van der Waals surface area contributed by atoms with Gasteiger partial charge in [0.2, 0.25) is 0 Å². The van der Waals surface area contributed by atoms with Crippen molar-refractivity contribution >= 4 is 0 Å². The van der Waals surface area contributed by atoms with Crippen molar-refractivity contribution < 1.29 is 17.6 Å². The van der Waals surface area contributed by atoms with E-state index in [9.17, 15) is 17.6 Å². The Balaban J connectivity index is 2.64. The Kier molecular flexibility index (Phi) is 1.50. The van der Waals surface area contributed by atoms with E-state index >= 15 is 0 Å². The second kappa shape index (κ2) is 1.88. The zero-order chi connectivity index (χ0) is 8.91. The summed E-state index contributed by atoms with van der Waals surface area (Å²) in [5.74, 6) is -6.21. The molecule has 0 aromatic heterocycles. The van der Waals surface area contributed by atoms with Gasteiger partial charge in [-0.15, -0.1) is 0 Å². The van der Waals surface area contributed by atoms with Crippen LogP contribution in [0.2, 0.25) is 0 Å². The second-order valence-corrected chi connectivity index (χ2v) is 3.25. The Morgan fingerprint density at radius 2 is 1.64 bits per heavy atom. The normalized spacial score (nSPS) is 27.8. The van der Waals surface area contributed by atoms with E-state index in [0.717, 1.165) is 0 Å². The van der Waals surface area contributed by atoms with Crippen molar-refractivity contribution in [2.24, 2.45) is 5.73 Å². The summed E-state index contributed by atoms with van der Waals surface area (Å²) in [4.78, 5) is 0. The predicted molar refractivity (Wildman–Crippen MR) is 31.7 cm³/mol. The smallest absolute Gasteiger partial charge is 0.263 e. The molecule has 1 saturated carbocycles. The quantitative estimate of drug-likeness (QED) is 0.598. The summed E-state index contributed by atoms with van der Waals surface area (Å²) in [7, 11) is 0. The highest BCUT2D eigenvalue weighted by atomic mass is 19.3. The zero-order valence-corrected chi connectivity index (χ0v) is 6.00. The van der Waals surface area contributed by atoms with Gasteiger partial charge in [0.1, 0.15) is 0 Å². The Bertz CT molecular complexity index is 164. The average Bonchev–Trinajstić information content (AvgIpc) is 1.55. The highest BCUT2D eigenvalue weighted by Crippen LogP contribution is 2.50. The first-order chi connectivity index (χ1) is 4.66. The van der Waals surface area contributed by atoms with Crippen molar-refractivity contribution in [1.82, 2.24) is 0 Å². The fourth-order valence-corrected chi connectivity index (χ4v) is 1.18. The van der Waals surface area contributed by atoms with Crippen molar-refractivity contribution in [3.8, 4) is 0 Å². The van der Waals surface area contributed by atoms with Crippen molar-refractivity contribution in [2.75, 3.05) is 0 Å². The lowest BCUT2D eigenvalue weighted by Crippen LogP contribution is -2.67. The average molecular weight is 171 g/mol. The summed E-state index contributed by atoms with van der Waals surface area (Å²) >= 11 is 0. The van der Waals surface area contributed by atoms with E-state index in [-0.39, 0.29) is 0 Å². The molecule has 0 spiro atoms. The third-order valence-corrected chi connectivity index (χ3v) is 2.02. The second-order valence-electron chi connectivity index (χ2n) is 3.25. The molecule has 0 atom stereocenters. The largest absolute Gasteiger partial charge is 0.320 e. The SMILES string of the molecule is CC(F)(F)C1(N)CC(F)(F)C1. The fraction of sp³-hybridized carbons (Fsp3) is 1.00. The Labute approximate surface area is 61.6 Å². The van der Waals surface area contributed by atoms with Crippen LogP contribution in [0.25, 0.3) is 0 Å². The highest BCUT2D eigenvalue weighted by Gasteiger charge is 2.64. The number of hydrogen-bond acceptors (Lipinski definition) is 1. The van der Waals surface area contributed by atoms with E-state index in [0.29, 0.717) is 6.92 Å². The molecule has 0 unspecified atom stereocenters. The van der Waals surface area contributed by atoms with Crippen LogP contribution in [0.1, 0.15) is 19.8 Å². The summed E-state index contributed by atoms with van der Waals surface area (Å²) in [5.41, 5.74) is 3.04. The van der Waals surface area contributed by atoms with Crippen LogP contribution in [0, 0.1) is 0 Å². The molecule has 0 radical (unpaired) electrons. The molecule has 1 aliphatic rings.